The molecule has 1 aliphatic heterocycles. The normalized spacial score (nSPS) is 22.1. The number of carbonyl (C=O) groups is 1. The van der Waals surface area contributed by atoms with E-state index in [1.807, 2.05) is 29.2 Å². The summed E-state index contributed by atoms with van der Waals surface area (Å²) in [6, 6.07) is 14.2. The van der Waals surface area contributed by atoms with Crippen LogP contribution in [0, 0.1) is 5.82 Å². The third-order valence-corrected chi connectivity index (χ3v) is 6.88. The zero-order valence-corrected chi connectivity index (χ0v) is 19.0. The van der Waals surface area contributed by atoms with Crippen molar-refractivity contribution in [2.75, 3.05) is 10.2 Å². The third-order valence-electron chi connectivity index (χ3n) is 6.88. The third kappa shape index (κ3) is 4.27. The lowest BCUT2D eigenvalue weighted by molar-refractivity contribution is -0.115. The first-order valence-corrected chi connectivity index (χ1v) is 11.8. The van der Waals surface area contributed by atoms with Crippen molar-refractivity contribution in [3.05, 3.63) is 71.7 Å². The maximum atomic E-state index is 13.4. The zero-order chi connectivity index (χ0) is 23.7. The summed E-state index contributed by atoms with van der Waals surface area (Å²) in [7, 11) is 0. The maximum absolute atomic E-state index is 13.4. The highest BCUT2D eigenvalue weighted by Crippen LogP contribution is 2.42. The van der Waals surface area contributed by atoms with Gasteiger partial charge < -0.3 is 16.8 Å². The van der Waals surface area contributed by atoms with Gasteiger partial charge in [-0.2, -0.15) is 4.99 Å². The minimum absolute atomic E-state index is 0.0107. The van der Waals surface area contributed by atoms with Crippen molar-refractivity contribution >= 4 is 29.1 Å². The number of benzene rings is 2. The number of rotatable bonds is 4. The molecule has 176 valence electrons. The van der Waals surface area contributed by atoms with Crippen molar-refractivity contribution in [3.8, 4) is 0 Å². The number of carbonyl (C=O) groups excluding carboxylic acids is 1. The van der Waals surface area contributed by atoms with Gasteiger partial charge in [0.2, 0.25) is 11.9 Å². The van der Waals surface area contributed by atoms with Crippen molar-refractivity contribution in [1.29, 1.82) is 0 Å². The van der Waals surface area contributed by atoms with Crippen LogP contribution >= 0.6 is 0 Å². The van der Waals surface area contributed by atoms with Gasteiger partial charge in [-0.25, -0.2) is 9.38 Å². The van der Waals surface area contributed by atoms with Gasteiger partial charge >= 0.3 is 0 Å². The van der Waals surface area contributed by atoms with Crippen LogP contribution in [0.15, 0.2) is 70.3 Å². The van der Waals surface area contributed by atoms with Gasteiger partial charge in [-0.1, -0.05) is 30.7 Å². The number of guanidine groups is 2. The van der Waals surface area contributed by atoms with Crippen molar-refractivity contribution in [1.82, 2.24) is 0 Å². The van der Waals surface area contributed by atoms with E-state index in [4.69, 9.17) is 16.5 Å². The second-order valence-electron chi connectivity index (χ2n) is 9.25. The Bertz CT molecular complexity index is 1180. The number of nitrogens with zero attached hydrogens (tertiary/aromatic N) is 3. The van der Waals surface area contributed by atoms with Gasteiger partial charge in [-0.05, 0) is 67.9 Å². The number of hydrogen-bond acceptors (Lipinski definition) is 7. The van der Waals surface area contributed by atoms with Crippen LogP contribution in [-0.4, -0.2) is 23.4 Å². The van der Waals surface area contributed by atoms with Crippen LogP contribution in [0.3, 0.4) is 0 Å². The molecule has 1 saturated carbocycles. The molecule has 5 N–H and O–H groups in total. The van der Waals surface area contributed by atoms with Crippen molar-refractivity contribution in [3.63, 3.8) is 0 Å². The summed E-state index contributed by atoms with van der Waals surface area (Å²) in [6.45, 7) is 0. The molecule has 3 aliphatic rings. The van der Waals surface area contributed by atoms with Gasteiger partial charge in [0.15, 0.2) is 5.78 Å². The minimum Gasteiger partial charge on any atom is -0.369 e. The van der Waals surface area contributed by atoms with E-state index in [-0.39, 0.29) is 23.5 Å². The van der Waals surface area contributed by atoms with Crippen molar-refractivity contribution < 1.29 is 9.18 Å². The molecule has 2 aromatic rings. The predicted molar refractivity (Wildman–Crippen MR) is 133 cm³/mol. The highest BCUT2D eigenvalue weighted by Gasteiger charge is 2.43. The van der Waals surface area contributed by atoms with Gasteiger partial charge in [0.05, 0.1) is 11.4 Å². The first kappa shape index (κ1) is 22.1. The molecule has 1 spiro atoms. The molecule has 8 heteroatoms. The van der Waals surface area contributed by atoms with Crippen LogP contribution < -0.4 is 21.7 Å². The highest BCUT2D eigenvalue weighted by atomic mass is 19.1. The second-order valence-corrected chi connectivity index (χ2v) is 9.25. The lowest BCUT2D eigenvalue weighted by atomic mass is 9.85. The van der Waals surface area contributed by atoms with Crippen molar-refractivity contribution in [2.24, 2.45) is 21.5 Å². The lowest BCUT2D eigenvalue weighted by Gasteiger charge is -2.46. The first-order valence-electron chi connectivity index (χ1n) is 11.8. The summed E-state index contributed by atoms with van der Waals surface area (Å²) in [6.07, 6.45) is 7.62. The molecule has 2 aromatic carbocycles. The summed E-state index contributed by atoms with van der Waals surface area (Å²) < 4.78 is 13.4. The van der Waals surface area contributed by atoms with E-state index >= 15 is 0 Å². The Kier molecular flexibility index (Phi) is 5.81. The van der Waals surface area contributed by atoms with E-state index in [0.717, 1.165) is 54.7 Å². The molecule has 0 radical (unpaired) electrons. The number of ketones is 1. The Labute approximate surface area is 198 Å². The molecule has 2 aliphatic carbocycles. The van der Waals surface area contributed by atoms with Gasteiger partial charge in [-0.15, -0.1) is 0 Å². The molecular weight excluding hydrogens is 431 g/mol. The molecule has 0 saturated heterocycles. The van der Waals surface area contributed by atoms with Crippen LogP contribution in [0.1, 0.15) is 56.4 Å². The van der Waals surface area contributed by atoms with E-state index in [2.05, 4.69) is 10.3 Å². The summed E-state index contributed by atoms with van der Waals surface area (Å²) in [5.74, 6) is 0.281. The van der Waals surface area contributed by atoms with E-state index in [0.29, 0.717) is 18.8 Å². The van der Waals surface area contributed by atoms with Gasteiger partial charge in [0.25, 0.3) is 0 Å². The Hall–Kier alpha value is -3.68. The van der Waals surface area contributed by atoms with E-state index in [1.54, 1.807) is 18.2 Å². The number of halogens is 1. The fourth-order valence-electron chi connectivity index (χ4n) is 5.37. The van der Waals surface area contributed by atoms with E-state index < -0.39 is 5.66 Å². The Morgan fingerprint density at radius 2 is 1.74 bits per heavy atom. The molecule has 1 heterocycles. The zero-order valence-electron chi connectivity index (χ0n) is 19.0. The average Bonchev–Trinajstić information content (AvgIpc) is 2.80. The Balaban J connectivity index is 1.46. The summed E-state index contributed by atoms with van der Waals surface area (Å²) in [5.41, 5.74) is 15.3. The molecule has 1 fully saturated rings. The van der Waals surface area contributed by atoms with Crippen LogP contribution in [0.2, 0.25) is 0 Å². The van der Waals surface area contributed by atoms with E-state index in [1.165, 1.54) is 12.1 Å². The molecule has 1 unspecified atom stereocenters. The highest BCUT2D eigenvalue weighted by molar-refractivity contribution is 6.07. The molecular formula is C26H29FN6O. The largest absolute Gasteiger partial charge is 0.369 e. The number of allylic oxidation sites excluding steroid dienone is 2. The summed E-state index contributed by atoms with van der Waals surface area (Å²) in [4.78, 5) is 23.6. The van der Waals surface area contributed by atoms with Crippen LogP contribution in [0.5, 0.6) is 0 Å². The van der Waals surface area contributed by atoms with Gasteiger partial charge in [-0.3, -0.25) is 9.69 Å². The smallest absolute Gasteiger partial charge is 0.220 e. The predicted octanol–water partition coefficient (Wildman–Crippen LogP) is 4.38. The minimum atomic E-state index is -0.556. The molecule has 34 heavy (non-hydrogen) atoms. The Morgan fingerprint density at radius 3 is 2.50 bits per heavy atom. The number of nitrogens with one attached hydrogen (secondary N) is 1. The summed E-state index contributed by atoms with van der Waals surface area (Å²) >= 11 is 0. The first-order chi connectivity index (χ1) is 16.4. The van der Waals surface area contributed by atoms with Crippen LogP contribution in [0.25, 0.3) is 0 Å². The summed E-state index contributed by atoms with van der Waals surface area (Å²) in [5, 5.41) is 3.48. The van der Waals surface area contributed by atoms with Crippen LogP contribution in [-0.2, 0) is 4.79 Å². The monoisotopic (exact) mass is 460 g/mol. The molecule has 0 amide bonds. The average molecular weight is 461 g/mol. The fourth-order valence-corrected chi connectivity index (χ4v) is 5.37. The number of para-hydroxylation sites is 2. The molecule has 1 atom stereocenters. The molecule has 5 rings (SSSR count). The number of hydrogen-bond donors (Lipinski definition) is 3. The number of aliphatic imine (C=N–C) groups is 2. The second kappa shape index (κ2) is 8.93. The van der Waals surface area contributed by atoms with Gasteiger partial charge in [0.1, 0.15) is 11.5 Å². The Morgan fingerprint density at radius 1 is 1.00 bits per heavy atom. The van der Waals surface area contributed by atoms with Crippen LogP contribution in [0.4, 0.5) is 15.8 Å². The standard InChI is InChI=1S/C26H29FN6O/c27-19-10-8-17(9-11-19)18-14-20(16-21(34)15-18)30-22-6-2-3-7-23(22)33-25(29)31-24(28)32-26(33)12-4-1-5-13-26/h2-3,6-11,16,18,30H,1,4-5,12-15H2,(H4,28,29,31,32). The number of anilines is 2. The fraction of sp³-hybridized carbons (Fsp3) is 0.346. The topological polar surface area (TPSA) is 109 Å². The van der Waals surface area contributed by atoms with Gasteiger partial charge in [0, 0.05) is 18.2 Å². The number of nitrogens with two attached hydrogens (primary N) is 2. The molecule has 7 nitrogen and oxygen atoms in total. The quantitative estimate of drug-likeness (QED) is 0.627. The van der Waals surface area contributed by atoms with Crippen molar-refractivity contribution in [2.45, 2.75) is 56.5 Å². The maximum Gasteiger partial charge on any atom is 0.220 e. The van der Waals surface area contributed by atoms with E-state index in [9.17, 15) is 9.18 Å². The molecule has 0 bridgehead atoms. The SMILES string of the molecule is NC1=NC2(CCCCC2)N(c2ccccc2NC2=CC(=O)CC(c3ccc(F)cc3)C2)C(N)=N1. The lowest BCUT2D eigenvalue weighted by Crippen LogP contribution is -2.58. The molecule has 0 aromatic heterocycles.